The monoisotopic (exact) mass is 250 g/mol. The predicted molar refractivity (Wildman–Crippen MR) is 71.6 cm³/mol. The number of nitrogens with one attached hydrogen (secondary N) is 2. The number of hydrogen-bond acceptors (Lipinski definition) is 3. The van der Waals surface area contributed by atoms with Gasteiger partial charge in [-0.15, -0.1) is 11.8 Å². The fourth-order valence-electron chi connectivity index (χ4n) is 1.99. The molecule has 0 aliphatic carbocycles. The van der Waals surface area contributed by atoms with Crippen molar-refractivity contribution in [2.75, 3.05) is 19.3 Å². The normalized spacial score (nSPS) is 19.9. The minimum absolute atomic E-state index is 0.0337. The number of carbonyl (C=O) groups excluding carboxylic acids is 1. The summed E-state index contributed by atoms with van der Waals surface area (Å²) in [5.74, 6) is 0.0337. The van der Waals surface area contributed by atoms with Crippen LogP contribution in [0.4, 0.5) is 0 Å². The van der Waals surface area contributed by atoms with Crippen molar-refractivity contribution in [1.29, 1.82) is 0 Å². The summed E-state index contributed by atoms with van der Waals surface area (Å²) in [5.41, 5.74) is 0.744. The molecule has 2 N–H and O–H groups in total. The van der Waals surface area contributed by atoms with E-state index in [1.807, 2.05) is 30.5 Å². The van der Waals surface area contributed by atoms with E-state index < -0.39 is 0 Å². The van der Waals surface area contributed by atoms with Gasteiger partial charge in [0.1, 0.15) is 0 Å². The Labute approximate surface area is 106 Å². The largest absolute Gasteiger partial charge is 0.348 e. The van der Waals surface area contributed by atoms with E-state index in [4.69, 9.17) is 0 Å². The second-order valence-electron chi connectivity index (χ2n) is 4.25. The van der Waals surface area contributed by atoms with Crippen LogP contribution in [0.5, 0.6) is 0 Å². The SMILES string of the molecule is CSc1ccc(C(=O)N[C@H]2CCCNC2)cc1. The fraction of sp³-hybridized carbons (Fsp3) is 0.462. The third-order valence-electron chi connectivity index (χ3n) is 2.98. The Kier molecular flexibility index (Phi) is 4.45. The topological polar surface area (TPSA) is 41.1 Å². The number of rotatable bonds is 3. The molecule has 0 bridgehead atoms. The number of benzene rings is 1. The number of piperidine rings is 1. The Hall–Kier alpha value is -1.00. The van der Waals surface area contributed by atoms with Gasteiger partial charge in [-0.05, 0) is 49.9 Å². The Morgan fingerprint density at radius 1 is 1.41 bits per heavy atom. The van der Waals surface area contributed by atoms with Crippen molar-refractivity contribution in [3.8, 4) is 0 Å². The molecule has 1 atom stereocenters. The lowest BCUT2D eigenvalue weighted by Gasteiger charge is -2.23. The van der Waals surface area contributed by atoms with Crippen molar-refractivity contribution < 1.29 is 4.79 Å². The smallest absolute Gasteiger partial charge is 0.251 e. The molecule has 1 aliphatic heterocycles. The molecule has 1 aliphatic rings. The summed E-state index contributed by atoms with van der Waals surface area (Å²) in [6.45, 7) is 1.95. The highest BCUT2D eigenvalue weighted by molar-refractivity contribution is 7.98. The maximum atomic E-state index is 12.0. The molecule has 1 aromatic carbocycles. The Bertz CT molecular complexity index is 372. The first-order chi connectivity index (χ1) is 8.29. The lowest BCUT2D eigenvalue weighted by atomic mass is 10.1. The molecule has 1 amide bonds. The van der Waals surface area contributed by atoms with Crippen molar-refractivity contribution in [2.24, 2.45) is 0 Å². The first-order valence-electron chi connectivity index (χ1n) is 5.95. The van der Waals surface area contributed by atoms with Gasteiger partial charge in [-0.1, -0.05) is 0 Å². The van der Waals surface area contributed by atoms with Gasteiger partial charge in [0.25, 0.3) is 5.91 Å². The molecule has 2 rings (SSSR count). The van der Waals surface area contributed by atoms with E-state index in [0.29, 0.717) is 0 Å². The van der Waals surface area contributed by atoms with Crippen molar-refractivity contribution in [2.45, 2.75) is 23.8 Å². The van der Waals surface area contributed by atoms with Gasteiger partial charge in [0.05, 0.1) is 0 Å². The first kappa shape index (κ1) is 12.5. The zero-order valence-corrected chi connectivity index (χ0v) is 10.8. The molecule has 0 radical (unpaired) electrons. The van der Waals surface area contributed by atoms with Crippen LogP contribution in [0.3, 0.4) is 0 Å². The molecule has 3 nitrogen and oxygen atoms in total. The number of hydrogen-bond donors (Lipinski definition) is 2. The van der Waals surface area contributed by atoms with E-state index in [2.05, 4.69) is 10.6 Å². The van der Waals surface area contributed by atoms with Crippen LogP contribution >= 0.6 is 11.8 Å². The van der Waals surface area contributed by atoms with E-state index in [1.165, 1.54) is 4.90 Å². The quantitative estimate of drug-likeness (QED) is 0.805. The van der Waals surface area contributed by atoms with Crippen LogP contribution in [-0.4, -0.2) is 31.3 Å². The predicted octanol–water partition coefficient (Wildman–Crippen LogP) is 1.89. The molecular weight excluding hydrogens is 232 g/mol. The first-order valence-corrected chi connectivity index (χ1v) is 7.17. The highest BCUT2D eigenvalue weighted by Gasteiger charge is 2.15. The summed E-state index contributed by atoms with van der Waals surface area (Å²) in [6, 6.07) is 8.02. The minimum atomic E-state index is 0.0337. The third kappa shape index (κ3) is 3.48. The fourth-order valence-corrected chi connectivity index (χ4v) is 2.39. The van der Waals surface area contributed by atoms with E-state index in [1.54, 1.807) is 11.8 Å². The second kappa shape index (κ2) is 6.07. The van der Waals surface area contributed by atoms with Crippen LogP contribution in [0, 0.1) is 0 Å². The molecule has 1 aromatic rings. The van der Waals surface area contributed by atoms with E-state index in [0.717, 1.165) is 31.5 Å². The average molecular weight is 250 g/mol. The molecule has 0 aromatic heterocycles. The summed E-state index contributed by atoms with van der Waals surface area (Å²) < 4.78 is 0. The van der Waals surface area contributed by atoms with Crippen LogP contribution in [0.25, 0.3) is 0 Å². The van der Waals surface area contributed by atoms with E-state index in [-0.39, 0.29) is 11.9 Å². The van der Waals surface area contributed by atoms with Crippen LogP contribution in [0.15, 0.2) is 29.2 Å². The number of amides is 1. The molecule has 17 heavy (non-hydrogen) atoms. The van der Waals surface area contributed by atoms with Gasteiger partial charge in [0, 0.05) is 23.0 Å². The van der Waals surface area contributed by atoms with E-state index >= 15 is 0 Å². The van der Waals surface area contributed by atoms with Crippen molar-refractivity contribution in [3.05, 3.63) is 29.8 Å². The highest BCUT2D eigenvalue weighted by atomic mass is 32.2. The van der Waals surface area contributed by atoms with Gasteiger partial charge in [0.15, 0.2) is 0 Å². The molecule has 0 saturated carbocycles. The molecule has 1 heterocycles. The summed E-state index contributed by atoms with van der Waals surface area (Å²) in [5, 5.41) is 6.36. The molecule has 1 fully saturated rings. The van der Waals surface area contributed by atoms with Crippen LogP contribution in [-0.2, 0) is 0 Å². The lowest BCUT2D eigenvalue weighted by molar-refractivity contribution is 0.0930. The highest BCUT2D eigenvalue weighted by Crippen LogP contribution is 2.15. The van der Waals surface area contributed by atoms with E-state index in [9.17, 15) is 4.79 Å². The van der Waals surface area contributed by atoms with Gasteiger partial charge in [-0.2, -0.15) is 0 Å². The number of thioether (sulfide) groups is 1. The minimum Gasteiger partial charge on any atom is -0.348 e. The molecular formula is C13H18N2OS. The lowest BCUT2D eigenvalue weighted by Crippen LogP contribution is -2.45. The van der Waals surface area contributed by atoms with Crippen molar-refractivity contribution >= 4 is 17.7 Å². The molecule has 0 unspecified atom stereocenters. The Balaban J connectivity index is 1.93. The van der Waals surface area contributed by atoms with Crippen molar-refractivity contribution in [1.82, 2.24) is 10.6 Å². The van der Waals surface area contributed by atoms with Crippen LogP contribution in [0.2, 0.25) is 0 Å². The van der Waals surface area contributed by atoms with Gasteiger partial charge >= 0.3 is 0 Å². The average Bonchev–Trinajstić information content (AvgIpc) is 2.40. The maximum Gasteiger partial charge on any atom is 0.251 e. The van der Waals surface area contributed by atoms with Crippen LogP contribution < -0.4 is 10.6 Å². The summed E-state index contributed by atoms with van der Waals surface area (Å²) in [4.78, 5) is 13.1. The number of carbonyl (C=O) groups is 1. The maximum absolute atomic E-state index is 12.0. The van der Waals surface area contributed by atoms with Gasteiger partial charge in [-0.25, -0.2) is 0 Å². The molecule has 0 spiro atoms. The standard InChI is InChI=1S/C13H18N2OS/c1-17-12-6-4-10(5-7-12)13(16)15-11-3-2-8-14-9-11/h4-7,11,14H,2-3,8-9H2,1H3,(H,15,16)/t11-/m0/s1. The van der Waals surface area contributed by atoms with Crippen molar-refractivity contribution in [3.63, 3.8) is 0 Å². The second-order valence-corrected chi connectivity index (χ2v) is 5.12. The summed E-state index contributed by atoms with van der Waals surface area (Å²) in [6.07, 6.45) is 4.24. The van der Waals surface area contributed by atoms with Gasteiger partial charge in [-0.3, -0.25) is 4.79 Å². The summed E-state index contributed by atoms with van der Waals surface area (Å²) in [7, 11) is 0. The summed E-state index contributed by atoms with van der Waals surface area (Å²) >= 11 is 1.68. The van der Waals surface area contributed by atoms with Gasteiger partial charge in [0.2, 0.25) is 0 Å². The third-order valence-corrected chi connectivity index (χ3v) is 3.73. The van der Waals surface area contributed by atoms with Crippen LogP contribution in [0.1, 0.15) is 23.2 Å². The van der Waals surface area contributed by atoms with Gasteiger partial charge < -0.3 is 10.6 Å². The Morgan fingerprint density at radius 3 is 2.76 bits per heavy atom. The molecule has 92 valence electrons. The molecule has 1 saturated heterocycles. The Morgan fingerprint density at radius 2 is 2.18 bits per heavy atom. The zero-order chi connectivity index (χ0) is 12.1. The zero-order valence-electron chi connectivity index (χ0n) is 10.0. The molecule has 4 heteroatoms.